The van der Waals surface area contributed by atoms with Gasteiger partial charge in [0.2, 0.25) is 0 Å². The maximum absolute atomic E-state index is 12.2. The predicted octanol–water partition coefficient (Wildman–Crippen LogP) is 3.24. The first kappa shape index (κ1) is 21.5. The lowest BCUT2D eigenvalue weighted by Crippen LogP contribution is -2.31. The molecule has 2 aromatic rings. The lowest BCUT2D eigenvalue weighted by Gasteiger charge is -2.15. The van der Waals surface area contributed by atoms with E-state index in [1.54, 1.807) is 42.5 Å². The van der Waals surface area contributed by atoms with Crippen LogP contribution in [0.1, 0.15) is 18.1 Å². The summed E-state index contributed by atoms with van der Waals surface area (Å²) in [6, 6.07) is 13.9. The van der Waals surface area contributed by atoms with Gasteiger partial charge < -0.3 is 19.5 Å². The highest BCUT2D eigenvalue weighted by Gasteiger charge is 2.19. The number of amides is 1. The van der Waals surface area contributed by atoms with Crippen molar-refractivity contribution < 1.29 is 23.8 Å². The fourth-order valence-corrected chi connectivity index (χ4v) is 2.47. The van der Waals surface area contributed by atoms with Crippen molar-refractivity contribution in [2.75, 3.05) is 19.0 Å². The van der Waals surface area contributed by atoms with Gasteiger partial charge in [-0.05, 0) is 43.2 Å². The molecule has 0 heterocycles. The van der Waals surface area contributed by atoms with Crippen LogP contribution in [-0.4, -0.2) is 31.7 Å². The van der Waals surface area contributed by atoms with Gasteiger partial charge in [0.05, 0.1) is 18.4 Å². The standard InChI is InChI=1S/C22H22N2O5/c1-4-7-16-10-11-19(20(12-16)27-3)28-14-21(25)29-15(2)22(26)24-18-9-6-5-8-17(18)13-23/h4-6,8-12,15H,1,7,14H2,2-3H3,(H,24,26)/t15-/m0/s1. The molecule has 7 nitrogen and oxygen atoms in total. The van der Waals surface area contributed by atoms with Gasteiger partial charge >= 0.3 is 5.97 Å². The van der Waals surface area contributed by atoms with Crippen LogP contribution in [0.2, 0.25) is 0 Å². The van der Waals surface area contributed by atoms with Crippen molar-refractivity contribution in [2.24, 2.45) is 0 Å². The fourth-order valence-electron chi connectivity index (χ4n) is 2.47. The van der Waals surface area contributed by atoms with Crippen LogP contribution in [0, 0.1) is 11.3 Å². The summed E-state index contributed by atoms with van der Waals surface area (Å²) in [5, 5.41) is 11.6. The molecule has 0 aliphatic carbocycles. The predicted molar refractivity (Wildman–Crippen MR) is 108 cm³/mol. The van der Waals surface area contributed by atoms with Gasteiger partial charge in [-0.3, -0.25) is 4.79 Å². The van der Waals surface area contributed by atoms with Crippen molar-refractivity contribution in [3.8, 4) is 17.6 Å². The average molecular weight is 394 g/mol. The Morgan fingerprint density at radius 1 is 1.24 bits per heavy atom. The van der Waals surface area contributed by atoms with Crippen LogP contribution in [0.25, 0.3) is 0 Å². The molecule has 0 unspecified atom stereocenters. The third-order valence-electron chi connectivity index (χ3n) is 3.94. The molecule has 1 N–H and O–H groups in total. The lowest BCUT2D eigenvalue weighted by atomic mass is 10.1. The summed E-state index contributed by atoms with van der Waals surface area (Å²) in [7, 11) is 1.50. The van der Waals surface area contributed by atoms with Crippen molar-refractivity contribution in [1.82, 2.24) is 0 Å². The molecular formula is C22H22N2O5. The van der Waals surface area contributed by atoms with E-state index in [9.17, 15) is 9.59 Å². The maximum atomic E-state index is 12.2. The van der Waals surface area contributed by atoms with Crippen molar-refractivity contribution in [1.29, 1.82) is 5.26 Å². The third kappa shape index (κ3) is 6.11. The van der Waals surface area contributed by atoms with Gasteiger partial charge in [0.25, 0.3) is 5.91 Å². The first-order valence-electron chi connectivity index (χ1n) is 8.88. The Balaban J connectivity index is 1.91. The number of para-hydroxylation sites is 1. The summed E-state index contributed by atoms with van der Waals surface area (Å²) >= 11 is 0. The topological polar surface area (TPSA) is 97.6 Å². The summed E-state index contributed by atoms with van der Waals surface area (Å²) in [6.07, 6.45) is 1.39. The minimum Gasteiger partial charge on any atom is -0.493 e. The third-order valence-corrected chi connectivity index (χ3v) is 3.94. The highest BCUT2D eigenvalue weighted by Crippen LogP contribution is 2.28. The van der Waals surface area contributed by atoms with E-state index in [4.69, 9.17) is 19.5 Å². The summed E-state index contributed by atoms with van der Waals surface area (Å²) in [4.78, 5) is 24.3. The van der Waals surface area contributed by atoms with Crippen LogP contribution < -0.4 is 14.8 Å². The lowest BCUT2D eigenvalue weighted by molar-refractivity contribution is -0.155. The number of methoxy groups -OCH3 is 1. The van der Waals surface area contributed by atoms with Gasteiger partial charge in [-0.25, -0.2) is 4.79 Å². The number of carbonyl (C=O) groups excluding carboxylic acids is 2. The maximum Gasteiger partial charge on any atom is 0.344 e. The van der Waals surface area contributed by atoms with Crippen LogP contribution in [0.4, 0.5) is 5.69 Å². The van der Waals surface area contributed by atoms with Gasteiger partial charge in [0.1, 0.15) is 6.07 Å². The SMILES string of the molecule is C=CCc1ccc(OCC(=O)O[C@@H](C)C(=O)Nc2ccccc2C#N)c(OC)c1. The molecule has 0 saturated heterocycles. The molecule has 0 radical (unpaired) electrons. The smallest absolute Gasteiger partial charge is 0.344 e. The number of rotatable bonds is 9. The normalized spacial score (nSPS) is 10.9. The number of esters is 1. The molecule has 1 amide bonds. The number of nitrogens with one attached hydrogen (secondary N) is 1. The highest BCUT2D eigenvalue weighted by atomic mass is 16.6. The van der Waals surface area contributed by atoms with Crippen LogP contribution in [0.3, 0.4) is 0 Å². The first-order chi connectivity index (χ1) is 14.0. The Bertz CT molecular complexity index is 933. The minimum absolute atomic E-state index is 0.315. The largest absolute Gasteiger partial charge is 0.493 e. The van der Waals surface area contributed by atoms with E-state index in [0.717, 1.165) is 5.56 Å². The van der Waals surface area contributed by atoms with E-state index < -0.39 is 18.0 Å². The Labute approximate surface area is 169 Å². The van der Waals surface area contributed by atoms with Crippen LogP contribution in [0.5, 0.6) is 11.5 Å². The Morgan fingerprint density at radius 3 is 2.69 bits per heavy atom. The Morgan fingerprint density at radius 2 is 2.00 bits per heavy atom. The zero-order valence-electron chi connectivity index (χ0n) is 16.3. The molecule has 0 bridgehead atoms. The molecular weight excluding hydrogens is 372 g/mol. The molecule has 150 valence electrons. The van der Waals surface area contributed by atoms with E-state index in [-0.39, 0.29) is 6.61 Å². The van der Waals surface area contributed by atoms with E-state index in [0.29, 0.717) is 29.2 Å². The van der Waals surface area contributed by atoms with Crippen molar-refractivity contribution >= 4 is 17.6 Å². The van der Waals surface area contributed by atoms with Gasteiger partial charge in [0.15, 0.2) is 24.2 Å². The number of hydrogen-bond donors (Lipinski definition) is 1. The number of hydrogen-bond acceptors (Lipinski definition) is 6. The molecule has 1 atom stereocenters. The van der Waals surface area contributed by atoms with Gasteiger partial charge in [0, 0.05) is 0 Å². The molecule has 0 spiro atoms. The summed E-state index contributed by atoms with van der Waals surface area (Å²) < 4.78 is 15.8. The second-order valence-corrected chi connectivity index (χ2v) is 6.05. The number of nitriles is 1. The minimum atomic E-state index is -1.06. The quantitative estimate of drug-likeness (QED) is 0.518. The van der Waals surface area contributed by atoms with E-state index >= 15 is 0 Å². The zero-order valence-corrected chi connectivity index (χ0v) is 16.3. The highest BCUT2D eigenvalue weighted by molar-refractivity contribution is 5.96. The zero-order chi connectivity index (χ0) is 21.2. The molecule has 0 fully saturated rings. The molecule has 0 aromatic heterocycles. The van der Waals surface area contributed by atoms with E-state index in [1.165, 1.54) is 14.0 Å². The fraction of sp³-hybridized carbons (Fsp3) is 0.227. The molecule has 0 saturated carbocycles. The summed E-state index contributed by atoms with van der Waals surface area (Å²) in [5.74, 6) is -0.390. The molecule has 29 heavy (non-hydrogen) atoms. The van der Waals surface area contributed by atoms with Gasteiger partial charge in [-0.2, -0.15) is 5.26 Å². The van der Waals surface area contributed by atoms with E-state index in [2.05, 4.69) is 11.9 Å². The van der Waals surface area contributed by atoms with Gasteiger partial charge in [-0.1, -0.05) is 24.3 Å². The second-order valence-electron chi connectivity index (χ2n) is 6.05. The second kappa shape index (κ2) is 10.5. The van der Waals surface area contributed by atoms with Crippen LogP contribution in [0.15, 0.2) is 55.1 Å². The number of benzene rings is 2. The molecule has 0 aliphatic rings. The van der Waals surface area contributed by atoms with Crippen LogP contribution >= 0.6 is 0 Å². The summed E-state index contributed by atoms with van der Waals surface area (Å²) in [6.45, 7) is 4.74. The summed E-state index contributed by atoms with van der Waals surface area (Å²) in [5.41, 5.74) is 1.66. The van der Waals surface area contributed by atoms with Crippen molar-refractivity contribution in [3.63, 3.8) is 0 Å². The molecule has 2 aromatic carbocycles. The number of carbonyl (C=O) groups is 2. The van der Waals surface area contributed by atoms with Gasteiger partial charge in [-0.15, -0.1) is 6.58 Å². The molecule has 7 heteroatoms. The number of ether oxygens (including phenoxy) is 3. The Hall–Kier alpha value is -3.79. The monoisotopic (exact) mass is 394 g/mol. The van der Waals surface area contributed by atoms with Crippen molar-refractivity contribution in [2.45, 2.75) is 19.4 Å². The Kier molecular flexibility index (Phi) is 7.80. The molecule has 0 aliphatic heterocycles. The molecule has 2 rings (SSSR count). The van der Waals surface area contributed by atoms with E-state index in [1.807, 2.05) is 12.1 Å². The number of anilines is 1. The average Bonchev–Trinajstić information content (AvgIpc) is 2.73. The van der Waals surface area contributed by atoms with Crippen LogP contribution in [-0.2, 0) is 20.7 Å². The van der Waals surface area contributed by atoms with Crippen molar-refractivity contribution in [3.05, 3.63) is 66.2 Å². The number of allylic oxidation sites excluding steroid dienone is 1. The first-order valence-corrected chi connectivity index (χ1v) is 8.88. The number of nitrogens with zero attached hydrogens (tertiary/aromatic N) is 1.